The van der Waals surface area contributed by atoms with E-state index in [1.54, 1.807) is 0 Å². The van der Waals surface area contributed by atoms with Crippen LogP contribution < -0.4 is 0 Å². The maximum atomic E-state index is 3.46. The zero-order valence-electron chi connectivity index (χ0n) is 9.71. The lowest BCUT2D eigenvalue weighted by Crippen LogP contribution is -2.05. The molecule has 0 N–H and O–H groups in total. The molecule has 0 fully saturated rings. The van der Waals surface area contributed by atoms with Gasteiger partial charge in [-0.3, -0.25) is 0 Å². The molecular weight excluding hydrogens is 214 g/mol. The molecule has 82 valence electrons. The van der Waals surface area contributed by atoms with Crippen LogP contribution in [0.5, 0.6) is 0 Å². The Morgan fingerprint density at radius 2 is 2.25 bits per heavy atom. The van der Waals surface area contributed by atoms with Crippen LogP contribution in [0.15, 0.2) is 23.1 Å². The molecule has 1 aliphatic carbocycles. The fraction of sp³-hybridized carbons (Fsp3) is 0.357. The number of aromatic nitrogens is 1. The summed E-state index contributed by atoms with van der Waals surface area (Å²) in [6.07, 6.45) is 8.88. The van der Waals surface area contributed by atoms with Gasteiger partial charge in [0, 0.05) is 23.0 Å². The Kier molecular flexibility index (Phi) is 2.47. The van der Waals surface area contributed by atoms with Crippen molar-refractivity contribution in [2.45, 2.75) is 24.2 Å². The van der Waals surface area contributed by atoms with Gasteiger partial charge < -0.3 is 4.57 Å². The topological polar surface area (TPSA) is 4.93 Å². The number of thioether (sulfide) groups is 1. The SMILES string of the molecule is CSc1cccc2c3c(n(C)c12)CC[C]C3. The molecular formula is C14H15NS. The average Bonchev–Trinajstić information content (AvgIpc) is 2.64. The van der Waals surface area contributed by atoms with Gasteiger partial charge in [0.15, 0.2) is 0 Å². The molecule has 1 aromatic heterocycles. The van der Waals surface area contributed by atoms with Crippen LogP contribution >= 0.6 is 11.8 Å². The zero-order valence-corrected chi connectivity index (χ0v) is 10.5. The van der Waals surface area contributed by atoms with Gasteiger partial charge in [0.25, 0.3) is 0 Å². The molecule has 2 radical (unpaired) electrons. The van der Waals surface area contributed by atoms with Crippen LogP contribution in [0.25, 0.3) is 10.9 Å². The van der Waals surface area contributed by atoms with E-state index in [0.717, 1.165) is 19.3 Å². The predicted molar refractivity (Wildman–Crippen MR) is 70.0 cm³/mol. The predicted octanol–water partition coefficient (Wildman–Crippen LogP) is 3.47. The molecule has 2 aromatic rings. The molecule has 1 heterocycles. The van der Waals surface area contributed by atoms with Crippen molar-refractivity contribution < 1.29 is 0 Å². The maximum Gasteiger partial charge on any atom is 0.0620 e. The lowest BCUT2D eigenvalue weighted by Gasteiger charge is -2.12. The van der Waals surface area contributed by atoms with Gasteiger partial charge in [-0.15, -0.1) is 11.8 Å². The van der Waals surface area contributed by atoms with Crippen molar-refractivity contribution >= 4 is 22.7 Å². The van der Waals surface area contributed by atoms with Crippen LogP contribution in [0.3, 0.4) is 0 Å². The van der Waals surface area contributed by atoms with Gasteiger partial charge in [0.2, 0.25) is 0 Å². The van der Waals surface area contributed by atoms with Gasteiger partial charge in [-0.1, -0.05) is 12.1 Å². The highest BCUT2D eigenvalue weighted by atomic mass is 32.2. The fourth-order valence-corrected chi connectivity index (χ4v) is 3.36. The van der Waals surface area contributed by atoms with Crippen LogP contribution in [0.2, 0.25) is 0 Å². The van der Waals surface area contributed by atoms with E-state index in [1.165, 1.54) is 27.1 Å². The van der Waals surface area contributed by atoms with Crippen LogP contribution in [0, 0.1) is 6.42 Å². The molecule has 0 spiro atoms. The Bertz CT molecular complexity index is 539. The summed E-state index contributed by atoms with van der Waals surface area (Å²) in [5.74, 6) is 0. The van der Waals surface area contributed by atoms with Crippen molar-refractivity contribution in [2.24, 2.45) is 7.05 Å². The average molecular weight is 229 g/mol. The summed E-state index contributed by atoms with van der Waals surface area (Å²) in [7, 11) is 2.20. The van der Waals surface area contributed by atoms with E-state index in [-0.39, 0.29) is 0 Å². The minimum Gasteiger partial charge on any atom is -0.346 e. The molecule has 16 heavy (non-hydrogen) atoms. The second kappa shape index (κ2) is 3.85. The van der Waals surface area contributed by atoms with E-state index < -0.39 is 0 Å². The molecule has 0 bridgehead atoms. The number of nitrogens with zero attached hydrogens (tertiary/aromatic N) is 1. The molecule has 1 aliphatic rings. The molecule has 2 heteroatoms. The summed E-state index contributed by atoms with van der Waals surface area (Å²) in [4.78, 5) is 1.38. The maximum absolute atomic E-state index is 3.46. The summed E-state index contributed by atoms with van der Waals surface area (Å²) >= 11 is 1.83. The van der Waals surface area contributed by atoms with Crippen LogP contribution in [0.1, 0.15) is 17.7 Å². The highest BCUT2D eigenvalue weighted by Gasteiger charge is 2.19. The van der Waals surface area contributed by atoms with Crippen LogP contribution in [-0.4, -0.2) is 10.8 Å². The summed E-state index contributed by atoms with van der Waals surface area (Å²) in [5, 5.41) is 1.43. The number of hydrogen-bond acceptors (Lipinski definition) is 1. The van der Waals surface area contributed by atoms with Crippen molar-refractivity contribution in [3.05, 3.63) is 35.9 Å². The van der Waals surface area contributed by atoms with Gasteiger partial charge in [-0.2, -0.15) is 0 Å². The monoisotopic (exact) mass is 229 g/mol. The second-order valence-electron chi connectivity index (χ2n) is 4.27. The number of hydrogen-bond donors (Lipinski definition) is 0. The highest BCUT2D eigenvalue weighted by Crippen LogP contribution is 2.35. The van der Waals surface area contributed by atoms with Crippen molar-refractivity contribution in [1.82, 2.24) is 4.57 Å². The van der Waals surface area contributed by atoms with E-state index in [0.29, 0.717) is 0 Å². The third-order valence-corrected chi connectivity index (χ3v) is 4.24. The van der Waals surface area contributed by atoms with Crippen molar-refractivity contribution in [1.29, 1.82) is 0 Å². The molecule has 3 rings (SSSR count). The van der Waals surface area contributed by atoms with Gasteiger partial charge in [-0.05, 0) is 43.6 Å². The van der Waals surface area contributed by atoms with Gasteiger partial charge >= 0.3 is 0 Å². The van der Waals surface area contributed by atoms with E-state index in [4.69, 9.17) is 0 Å². The summed E-state index contributed by atoms with van der Waals surface area (Å²) < 4.78 is 2.39. The fourth-order valence-electron chi connectivity index (χ4n) is 2.71. The van der Waals surface area contributed by atoms with Crippen LogP contribution in [-0.2, 0) is 19.9 Å². The minimum absolute atomic E-state index is 1.02. The summed E-state index contributed by atoms with van der Waals surface area (Å²) in [6.45, 7) is 0. The van der Waals surface area contributed by atoms with Crippen molar-refractivity contribution in [3.63, 3.8) is 0 Å². The van der Waals surface area contributed by atoms with Crippen molar-refractivity contribution in [2.75, 3.05) is 6.26 Å². The Morgan fingerprint density at radius 3 is 3.06 bits per heavy atom. The van der Waals surface area contributed by atoms with Gasteiger partial charge in [-0.25, -0.2) is 0 Å². The zero-order chi connectivity index (χ0) is 11.1. The minimum atomic E-state index is 1.02. The summed E-state index contributed by atoms with van der Waals surface area (Å²) in [6, 6.07) is 6.63. The molecule has 0 saturated carbocycles. The molecule has 0 aliphatic heterocycles. The largest absolute Gasteiger partial charge is 0.346 e. The molecule has 0 unspecified atom stereocenters. The van der Waals surface area contributed by atoms with Crippen molar-refractivity contribution in [3.8, 4) is 0 Å². The van der Waals surface area contributed by atoms with E-state index in [1.807, 2.05) is 11.8 Å². The Hall–Kier alpha value is -0.890. The molecule has 0 amide bonds. The molecule has 1 nitrogen and oxygen atoms in total. The quantitative estimate of drug-likeness (QED) is 0.678. The summed E-state index contributed by atoms with van der Waals surface area (Å²) in [5.41, 5.74) is 4.42. The number of fused-ring (bicyclic) bond motifs is 3. The normalized spacial score (nSPS) is 15.4. The first-order chi connectivity index (χ1) is 7.83. The van der Waals surface area contributed by atoms with Gasteiger partial charge in [0.05, 0.1) is 5.52 Å². The molecule has 1 aromatic carbocycles. The van der Waals surface area contributed by atoms with E-state index >= 15 is 0 Å². The number of rotatable bonds is 1. The first kappa shape index (κ1) is 10.3. The first-order valence-electron chi connectivity index (χ1n) is 5.67. The second-order valence-corrected chi connectivity index (χ2v) is 5.12. The van der Waals surface area contributed by atoms with E-state index in [2.05, 4.69) is 42.5 Å². The number of aryl methyl sites for hydroxylation is 1. The first-order valence-corrected chi connectivity index (χ1v) is 6.89. The molecule has 0 atom stereocenters. The third kappa shape index (κ3) is 1.32. The third-order valence-electron chi connectivity index (χ3n) is 3.47. The molecule has 0 saturated heterocycles. The smallest absolute Gasteiger partial charge is 0.0620 e. The Morgan fingerprint density at radius 1 is 1.38 bits per heavy atom. The standard InChI is InChI=1S/C14H15NS/c1-15-12-8-4-3-6-10(12)11-7-5-9-13(16-2)14(11)15/h5,7,9H,4,6,8H2,1-2H3. The number of benzene rings is 1. The Balaban J connectivity index is 2.39. The number of para-hydroxylation sites is 1. The van der Waals surface area contributed by atoms with E-state index in [9.17, 15) is 0 Å². The highest BCUT2D eigenvalue weighted by molar-refractivity contribution is 7.98. The van der Waals surface area contributed by atoms with Gasteiger partial charge in [0.1, 0.15) is 0 Å². The lowest BCUT2D eigenvalue weighted by atomic mass is 9.96. The Labute approximate surface area is 101 Å². The lowest BCUT2D eigenvalue weighted by molar-refractivity contribution is 0.751. The van der Waals surface area contributed by atoms with Crippen LogP contribution in [0.4, 0.5) is 0 Å².